The SMILES string of the molecule is Cc1cccn(CC(CBr)c2ccccc2)c1=O. The topological polar surface area (TPSA) is 22.0 Å². The van der Waals surface area contributed by atoms with Gasteiger partial charge in [-0.1, -0.05) is 52.3 Å². The van der Waals surface area contributed by atoms with Crippen molar-refractivity contribution in [3.63, 3.8) is 0 Å². The highest BCUT2D eigenvalue weighted by molar-refractivity contribution is 9.09. The van der Waals surface area contributed by atoms with Gasteiger partial charge in [0.05, 0.1) is 0 Å². The Morgan fingerprint density at radius 2 is 1.89 bits per heavy atom. The van der Waals surface area contributed by atoms with Crippen LogP contribution in [-0.2, 0) is 6.54 Å². The Hall–Kier alpha value is -1.35. The number of nitrogens with zero attached hydrogens (tertiary/aromatic N) is 1. The second-order valence-electron chi connectivity index (χ2n) is 4.41. The first-order chi connectivity index (χ1) is 8.72. The first-order valence-corrected chi connectivity index (χ1v) is 7.11. The van der Waals surface area contributed by atoms with E-state index >= 15 is 0 Å². The fraction of sp³-hybridized carbons (Fsp3) is 0.267. The van der Waals surface area contributed by atoms with Gasteiger partial charge < -0.3 is 4.57 Å². The van der Waals surface area contributed by atoms with Crippen LogP contribution in [0.4, 0.5) is 0 Å². The Labute approximate surface area is 115 Å². The highest BCUT2D eigenvalue weighted by Crippen LogP contribution is 2.19. The fourth-order valence-corrected chi connectivity index (χ4v) is 2.59. The van der Waals surface area contributed by atoms with Gasteiger partial charge in [0.15, 0.2) is 0 Å². The Kier molecular flexibility index (Phi) is 4.37. The van der Waals surface area contributed by atoms with Crippen LogP contribution >= 0.6 is 15.9 Å². The first kappa shape index (κ1) is 13.1. The van der Waals surface area contributed by atoms with E-state index in [1.54, 1.807) is 4.57 Å². The summed E-state index contributed by atoms with van der Waals surface area (Å²) in [5.74, 6) is 0.311. The summed E-state index contributed by atoms with van der Waals surface area (Å²) in [6.45, 7) is 2.56. The molecular formula is C15H16BrNO. The van der Waals surface area contributed by atoms with Crippen LogP contribution in [0.15, 0.2) is 53.5 Å². The van der Waals surface area contributed by atoms with E-state index < -0.39 is 0 Å². The number of benzene rings is 1. The Morgan fingerprint density at radius 3 is 2.56 bits per heavy atom. The summed E-state index contributed by atoms with van der Waals surface area (Å²) in [4.78, 5) is 12.0. The van der Waals surface area contributed by atoms with Gasteiger partial charge in [-0.15, -0.1) is 0 Å². The molecule has 1 aromatic carbocycles. The van der Waals surface area contributed by atoms with Crippen molar-refractivity contribution < 1.29 is 0 Å². The average Bonchev–Trinajstić information content (AvgIpc) is 2.41. The number of rotatable bonds is 4. The van der Waals surface area contributed by atoms with Crippen LogP contribution in [0.1, 0.15) is 17.0 Å². The molecular weight excluding hydrogens is 290 g/mol. The lowest BCUT2D eigenvalue weighted by atomic mass is 10.0. The van der Waals surface area contributed by atoms with E-state index in [1.807, 2.05) is 43.5 Å². The molecule has 1 aromatic heterocycles. The molecule has 0 radical (unpaired) electrons. The summed E-state index contributed by atoms with van der Waals surface area (Å²) >= 11 is 3.54. The third-order valence-corrected chi connectivity index (χ3v) is 3.87. The number of hydrogen-bond acceptors (Lipinski definition) is 1. The van der Waals surface area contributed by atoms with Gasteiger partial charge in [-0.2, -0.15) is 0 Å². The van der Waals surface area contributed by atoms with Crippen molar-refractivity contribution in [1.29, 1.82) is 0 Å². The Balaban J connectivity index is 2.27. The van der Waals surface area contributed by atoms with Gasteiger partial charge in [0, 0.05) is 29.6 Å². The lowest BCUT2D eigenvalue weighted by Gasteiger charge is -2.16. The van der Waals surface area contributed by atoms with E-state index in [2.05, 4.69) is 28.1 Å². The summed E-state index contributed by atoms with van der Waals surface area (Å²) in [6.07, 6.45) is 1.86. The molecule has 1 unspecified atom stereocenters. The number of aromatic nitrogens is 1. The monoisotopic (exact) mass is 305 g/mol. The van der Waals surface area contributed by atoms with E-state index in [4.69, 9.17) is 0 Å². The second kappa shape index (κ2) is 6.01. The molecule has 0 aliphatic carbocycles. The number of halogens is 1. The van der Waals surface area contributed by atoms with Crippen molar-refractivity contribution in [3.8, 4) is 0 Å². The van der Waals surface area contributed by atoms with Crippen LogP contribution in [0.2, 0.25) is 0 Å². The molecule has 0 saturated carbocycles. The number of alkyl halides is 1. The fourth-order valence-electron chi connectivity index (χ4n) is 2.01. The smallest absolute Gasteiger partial charge is 0.253 e. The van der Waals surface area contributed by atoms with Crippen molar-refractivity contribution in [1.82, 2.24) is 4.57 Å². The Morgan fingerprint density at radius 1 is 1.17 bits per heavy atom. The minimum absolute atomic E-state index is 0.0966. The summed E-state index contributed by atoms with van der Waals surface area (Å²) in [7, 11) is 0. The highest BCUT2D eigenvalue weighted by Gasteiger charge is 2.11. The van der Waals surface area contributed by atoms with Crippen molar-refractivity contribution in [2.75, 3.05) is 5.33 Å². The molecule has 0 spiro atoms. The van der Waals surface area contributed by atoms with E-state index in [-0.39, 0.29) is 5.56 Å². The van der Waals surface area contributed by atoms with Gasteiger partial charge in [-0.05, 0) is 18.6 Å². The second-order valence-corrected chi connectivity index (χ2v) is 5.06. The van der Waals surface area contributed by atoms with Crippen molar-refractivity contribution >= 4 is 15.9 Å². The molecule has 0 fully saturated rings. The van der Waals surface area contributed by atoms with Crippen LogP contribution < -0.4 is 5.56 Å². The van der Waals surface area contributed by atoms with Crippen molar-refractivity contribution in [2.24, 2.45) is 0 Å². The van der Waals surface area contributed by atoms with Gasteiger partial charge >= 0.3 is 0 Å². The maximum Gasteiger partial charge on any atom is 0.253 e. The summed E-state index contributed by atoms with van der Waals surface area (Å²) < 4.78 is 1.79. The van der Waals surface area contributed by atoms with E-state index in [0.717, 1.165) is 10.9 Å². The van der Waals surface area contributed by atoms with Crippen molar-refractivity contribution in [3.05, 3.63) is 70.1 Å². The van der Waals surface area contributed by atoms with Gasteiger partial charge in [0.2, 0.25) is 0 Å². The summed E-state index contributed by atoms with van der Waals surface area (Å²) in [5, 5.41) is 0.845. The maximum atomic E-state index is 12.0. The molecule has 94 valence electrons. The molecule has 0 saturated heterocycles. The third kappa shape index (κ3) is 2.91. The lowest BCUT2D eigenvalue weighted by molar-refractivity contribution is 0.586. The molecule has 1 heterocycles. The zero-order valence-electron chi connectivity index (χ0n) is 10.3. The van der Waals surface area contributed by atoms with Crippen LogP contribution in [-0.4, -0.2) is 9.90 Å². The predicted octanol–water partition coefficient (Wildman–Crippen LogP) is 3.34. The van der Waals surface area contributed by atoms with Gasteiger partial charge in [0.1, 0.15) is 0 Å². The minimum atomic E-state index is 0.0966. The van der Waals surface area contributed by atoms with Crippen LogP contribution in [0.3, 0.4) is 0 Å². The highest BCUT2D eigenvalue weighted by atomic mass is 79.9. The van der Waals surface area contributed by atoms with Gasteiger partial charge in [-0.25, -0.2) is 0 Å². The number of aryl methyl sites for hydroxylation is 1. The molecule has 3 heteroatoms. The molecule has 0 aliphatic heterocycles. The molecule has 2 nitrogen and oxygen atoms in total. The molecule has 1 atom stereocenters. The normalized spacial score (nSPS) is 12.3. The molecule has 0 aliphatic rings. The van der Waals surface area contributed by atoms with Gasteiger partial charge in [0.25, 0.3) is 5.56 Å². The Bertz CT molecular complexity index is 562. The lowest BCUT2D eigenvalue weighted by Crippen LogP contribution is -2.24. The zero-order valence-corrected chi connectivity index (χ0v) is 11.9. The number of pyridine rings is 1. The largest absolute Gasteiger partial charge is 0.315 e. The predicted molar refractivity (Wildman–Crippen MR) is 78.4 cm³/mol. The van der Waals surface area contributed by atoms with E-state index in [1.165, 1.54) is 5.56 Å². The molecule has 0 amide bonds. The third-order valence-electron chi connectivity index (χ3n) is 3.08. The molecule has 0 N–H and O–H groups in total. The van der Waals surface area contributed by atoms with E-state index in [0.29, 0.717) is 12.5 Å². The summed E-state index contributed by atoms with van der Waals surface area (Å²) in [6, 6.07) is 14.1. The number of hydrogen-bond donors (Lipinski definition) is 0. The summed E-state index contributed by atoms with van der Waals surface area (Å²) in [5.41, 5.74) is 2.14. The average molecular weight is 306 g/mol. The van der Waals surface area contributed by atoms with Gasteiger partial charge in [-0.3, -0.25) is 4.79 Å². The first-order valence-electron chi connectivity index (χ1n) is 5.99. The molecule has 18 heavy (non-hydrogen) atoms. The van der Waals surface area contributed by atoms with Crippen LogP contribution in [0.25, 0.3) is 0 Å². The molecule has 2 aromatic rings. The maximum absolute atomic E-state index is 12.0. The zero-order chi connectivity index (χ0) is 13.0. The molecule has 2 rings (SSSR count). The quantitative estimate of drug-likeness (QED) is 0.794. The van der Waals surface area contributed by atoms with Crippen LogP contribution in [0.5, 0.6) is 0 Å². The van der Waals surface area contributed by atoms with Crippen LogP contribution in [0, 0.1) is 6.92 Å². The van der Waals surface area contributed by atoms with E-state index in [9.17, 15) is 4.79 Å². The molecule has 0 bridgehead atoms. The minimum Gasteiger partial charge on any atom is -0.315 e. The van der Waals surface area contributed by atoms with Crippen molar-refractivity contribution in [2.45, 2.75) is 19.4 Å². The standard InChI is InChI=1S/C15H16BrNO/c1-12-6-5-9-17(15(12)18)11-14(10-16)13-7-3-2-4-8-13/h2-9,14H,10-11H2,1H3.